The molecule has 0 aliphatic carbocycles. The number of alkyl halides is 3. The van der Waals surface area contributed by atoms with E-state index in [1.807, 2.05) is 0 Å². The van der Waals surface area contributed by atoms with E-state index < -0.39 is 12.6 Å². The summed E-state index contributed by atoms with van der Waals surface area (Å²) < 4.78 is 36.7. The van der Waals surface area contributed by atoms with Crippen LogP contribution in [0, 0.1) is 0 Å². The first-order chi connectivity index (χ1) is 11.7. The fourth-order valence-electron chi connectivity index (χ4n) is 2.49. The molecule has 1 saturated heterocycles. The average Bonchev–Trinajstić information content (AvgIpc) is 2.99. The van der Waals surface area contributed by atoms with Crippen LogP contribution in [-0.2, 0) is 17.6 Å². The number of aromatic nitrogens is 1. The van der Waals surface area contributed by atoms with Crippen LogP contribution in [0.1, 0.15) is 17.1 Å². The Bertz CT molecular complexity index is 610. The number of aryl methyl sites for hydroxylation is 1. The van der Waals surface area contributed by atoms with Gasteiger partial charge in [-0.3, -0.25) is 4.79 Å². The van der Waals surface area contributed by atoms with Crippen LogP contribution in [0.3, 0.4) is 0 Å². The third-order valence-corrected chi connectivity index (χ3v) is 4.80. The van der Waals surface area contributed by atoms with Gasteiger partial charge in [0.1, 0.15) is 0 Å². The summed E-state index contributed by atoms with van der Waals surface area (Å²) in [5.41, 5.74) is 0.499. The number of piperazine rings is 1. The van der Waals surface area contributed by atoms with Gasteiger partial charge in [0.15, 0.2) is 0 Å². The molecule has 1 aromatic rings. The number of carbonyl (C=O) groups is 2. The predicted octanol–water partition coefficient (Wildman–Crippen LogP) is 2.01. The first-order valence-electron chi connectivity index (χ1n) is 7.90. The predicted molar refractivity (Wildman–Crippen MR) is 87.4 cm³/mol. The molecule has 0 aromatic carbocycles. The van der Waals surface area contributed by atoms with Crippen molar-refractivity contribution in [2.24, 2.45) is 0 Å². The number of hydrogen-bond donors (Lipinski definition) is 0. The molecular formula is C15H21F3N4O2S. The number of rotatable bonds is 4. The van der Waals surface area contributed by atoms with Crippen molar-refractivity contribution in [2.45, 2.75) is 25.4 Å². The molecule has 0 spiro atoms. The van der Waals surface area contributed by atoms with Crippen LogP contribution in [0.2, 0.25) is 0 Å². The number of halogens is 3. The maximum absolute atomic E-state index is 12.3. The normalized spacial score (nSPS) is 15.4. The van der Waals surface area contributed by atoms with E-state index in [2.05, 4.69) is 4.98 Å². The molecule has 140 valence electrons. The van der Waals surface area contributed by atoms with Gasteiger partial charge in [-0.2, -0.15) is 13.2 Å². The second-order valence-electron chi connectivity index (χ2n) is 6.07. The van der Waals surface area contributed by atoms with E-state index in [1.165, 1.54) is 4.90 Å². The highest BCUT2D eigenvalue weighted by Gasteiger charge is 2.28. The standard InChI is InChI=1S/C15H21F3N4O2S/c1-20(2)14(24)22-7-5-21(6-8-22)13(23)9-11-10-25-12(19-11)3-4-15(16,17)18/h10H,3-9H2,1-2H3. The number of nitrogens with zero attached hydrogens (tertiary/aromatic N) is 4. The molecule has 10 heteroatoms. The lowest BCUT2D eigenvalue weighted by Gasteiger charge is -2.35. The molecule has 2 heterocycles. The summed E-state index contributed by atoms with van der Waals surface area (Å²) in [6, 6.07) is -0.0825. The Morgan fingerprint density at radius 3 is 2.36 bits per heavy atom. The van der Waals surface area contributed by atoms with Gasteiger partial charge in [0.25, 0.3) is 0 Å². The number of amides is 3. The smallest absolute Gasteiger partial charge is 0.339 e. The van der Waals surface area contributed by atoms with E-state index in [0.29, 0.717) is 36.9 Å². The van der Waals surface area contributed by atoms with Crippen LogP contribution in [0.25, 0.3) is 0 Å². The van der Waals surface area contributed by atoms with E-state index in [0.717, 1.165) is 11.3 Å². The zero-order valence-electron chi connectivity index (χ0n) is 14.2. The summed E-state index contributed by atoms with van der Waals surface area (Å²) in [5.74, 6) is -0.121. The Hall–Kier alpha value is -1.84. The lowest BCUT2D eigenvalue weighted by Crippen LogP contribution is -2.53. The zero-order valence-corrected chi connectivity index (χ0v) is 15.0. The SMILES string of the molecule is CN(C)C(=O)N1CCN(C(=O)Cc2csc(CCC(F)(F)F)n2)CC1. The molecule has 1 aliphatic rings. The summed E-state index contributed by atoms with van der Waals surface area (Å²) in [7, 11) is 3.36. The molecule has 25 heavy (non-hydrogen) atoms. The molecular weight excluding hydrogens is 357 g/mol. The molecule has 1 fully saturated rings. The maximum atomic E-state index is 12.3. The van der Waals surface area contributed by atoms with Crippen molar-refractivity contribution in [1.82, 2.24) is 19.7 Å². The highest BCUT2D eigenvalue weighted by atomic mass is 32.1. The second-order valence-corrected chi connectivity index (χ2v) is 7.01. The first-order valence-corrected chi connectivity index (χ1v) is 8.77. The summed E-state index contributed by atoms with van der Waals surface area (Å²) >= 11 is 1.15. The summed E-state index contributed by atoms with van der Waals surface area (Å²) in [6.45, 7) is 1.83. The van der Waals surface area contributed by atoms with Crippen LogP contribution in [0.5, 0.6) is 0 Å². The van der Waals surface area contributed by atoms with Crippen LogP contribution in [0.15, 0.2) is 5.38 Å². The van der Waals surface area contributed by atoms with Crippen LogP contribution < -0.4 is 0 Å². The number of thiazole rings is 1. The van der Waals surface area contributed by atoms with Crippen molar-refractivity contribution in [1.29, 1.82) is 0 Å². The minimum atomic E-state index is -4.20. The number of urea groups is 1. The van der Waals surface area contributed by atoms with E-state index in [1.54, 1.807) is 29.3 Å². The lowest BCUT2D eigenvalue weighted by molar-refractivity contribution is -0.134. The summed E-state index contributed by atoms with van der Waals surface area (Å²) in [6.07, 6.45) is -5.20. The Labute approximate surface area is 148 Å². The minimum absolute atomic E-state index is 0.0736. The third kappa shape index (κ3) is 5.87. The van der Waals surface area contributed by atoms with Crippen molar-refractivity contribution in [2.75, 3.05) is 40.3 Å². The monoisotopic (exact) mass is 378 g/mol. The van der Waals surface area contributed by atoms with Gasteiger partial charge in [-0.15, -0.1) is 11.3 Å². The van der Waals surface area contributed by atoms with Crippen molar-refractivity contribution in [3.05, 3.63) is 16.1 Å². The average molecular weight is 378 g/mol. The fourth-order valence-corrected chi connectivity index (χ4v) is 3.29. The van der Waals surface area contributed by atoms with Crippen molar-refractivity contribution < 1.29 is 22.8 Å². The molecule has 0 unspecified atom stereocenters. The lowest BCUT2D eigenvalue weighted by atomic mass is 10.2. The van der Waals surface area contributed by atoms with E-state index in [9.17, 15) is 22.8 Å². The number of hydrogen-bond acceptors (Lipinski definition) is 4. The molecule has 0 N–H and O–H groups in total. The third-order valence-electron chi connectivity index (χ3n) is 3.84. The quantitative estimate of drug-likeness (QED) is 0.805. The Morgan fingerprint density at radius 2 is 1.80 bits per heavy atom. The molecule has 0 radical (unpaired) electrons. The van der Waals surface area contributed by atoms with Gasteiger partial charge in [0.2, 0.25) is 5.91 Å². The molecule has 3 amide bonds. The molecule has 1 aromatic heterocycles. The Balaban J connectivity index is 1.81. The highest BCUT2D eigenvalue weighted by molar-refractivity contribution is 7.09. The fraction of sp³-hybridized carbons (Fsp3) is 0.667. The van der Waals surface area contributed by atoms with Crippen LogP contribution in [0.4, 0.5) is 18.0 Å². The van der Waals surface area contributed by atoms with Gasteiger partial charge < -0.3 is 14.7 Å². The second kappa shape index (κ2) is 8.03. The topological polar surface area (TPSA) is 56.8 Å². The van der Waals surface area contributed by atoms with Crippen molar-refractivity contribution >= 4 is 23.3 Å². The van der Waals surface area contributed by atoms with Gasteiger partial charge in [0, 0.05) is 58.5 Å². The van der Waals surface area contributed by atoms with Gasteiger partial charge in [-0.05, 0) is 0 Å². The van der Waals surface area contributed by atoms with E-state index in [-0.39, 0.29) is 24.8 Å². The molecule has 2 rings (SSSR count). The highest BCUT2D eigenvalue weighted by Crippen LogP contribution is 2.23. The Kier molecular flexibility index (Phi) is 6.26. The molecule has 0 atom stereocenters. The largest absolute Gasteiger partial charge is 0.389 e. The first kappa shape index (κ1) is 19.5. The van der Waals surface area contributed by atoms with Crippen molar-refractivity contribution in [3.8, 4) is 0 Å². The van der Waals surface area contributed by atoms with Gasteiger partial charge in [-0.1, -0.05) is 0 Å². The minimum Gasteiger partial charge on any atom is -0.339 e. The molecule has 0 bridgehead atoms. The van der Waals surface area contributed by atoms with E-state index >= 15 is 0 Å². The molecule has 0 saturated carbocycles. The number of carbonyl (C=O) groups excluding carboxylic acids is 2. The summed E-state index contributed by atoms with van der Waals surface area (Å²) in [4.78, 5) is 33.1. The van der Waals surface area contributed by atoms with Crippen LogP contribution >= 0.6 is 11.3 Å². The maximum Gasteiger partial charge on any atom is 0.389 e. The Morgan fingerprint density at radius 1 is 1.20 bits per heavy atom. The van der Waals surface area contributed by atoms with Gasteiger partial charge in [-0.25, -0.2) is 9.78 Å². The van der Waals surface area contributed by atoms with Crippen molar-refractivity contribution in [3.63, 3.8) is 0 Å². The van der Waals surface area contributed by atoms with Gasteiger partial charge in [0.05, 0.1) is 17.1 Å². The molecule has 6 nitrogen and oxygen atoms in total. The zero-order chi connectivity index (χ0) is 18.6. The summed E-state index contributed by atoms with van der Waals surface area (Å²) in [5, 5.41) is 2.02. The van der Waals surface area contributed by atoms with Crippen LogP contribution in [-0.4, -0.2) is 78.1 Å². The van der Waals surface area contributed by atoms with E-state index in [4.69, 9.17) is 0 Å². The molecule has 1 aliphatic heterocycles. The van der Waals surface area contributed by atoms with Gasteiger partial charge >= 0.3 is 12.2 Å².